The number of aromatic nitrogens is 1. The molecule has 0 amide bonds. The first-order valence-corrected chi connectivity index (χ1v) is 11.5. The Balaban J connectivity index is 0.000000476. The summed E-state index contributed by atoms with van der Waals surface area (Å²) in [6.07, 6.45) is 3.06. The summed E-state index contributed by atoms with van der Waals surface area (Å²) < 4.78 is 6.34. The van der Waals surface area contributed by atoms with E-state index in [2.05, 4.69) is 63.0 Å². The van der Waals surface area contributed by atoms with Crippen molar-refractivity contribution in [3.05, 3.63) is 89.8 Å². The largest absolute Gasteiger partial charge is 0.512 e. The van der Waals surface area contributed by atoms with Crippen LogP contribution in [0.4, 0.5) is 0 Å². The Morgan fingerprint density at radius 2 is 1.66 bits per heavy atom. The van der Waals surface area contributed by atoms with E-state index in [0.29, 0.717) is 11.8 Å². The van der Waals surface area contributed by atoms with Crippen LogP contribution in [0.1, 0.15) is 64.5 Å². The molecule has 35 heavy (non-hydrogen) atoms. The molecular weight excluding hydrogens is 615 g/mol. The molecule has 0 fully saturated rings. The van der Waals surface area contributed by atoms with Gasteiger partial charge in [0.25, 0.3) is 0 Å². The van der Waals surface area contributed by atoms with Gasteiger partial charge < -0.3 is 14.5 Å². The average Bonchev–Trinajstić information content (AvgIpc) is 3.21. The van der Waals surface area contributed by atoms with Gasteiger partial charge in [-0.25, -0.2) is 0 Å². The molecule has 185 valence electrons. The summed E-state index contributed by atoms with van der Waals surface area (Å²) in [5.74, 6) is 1.72. The van der Waals surface area contributed by atoms with Crippen molar-refractivity contribution in [1.29, 1.82) is 0 Å². The number of aliphatic hydroxyl groups is 1. The third-order valence-electron chi connectivity index (χ3n) is 5.42. The van der Waals surface area contributed by atoms with Crippen molar-refractivity contribution < 1.29 is 34.4 Å². The van der Waals surface area contributed by atoms with E-state index >= 15 is 0 Å². The van der Waals surface area contributed by atoms with Crippen LogP contribution in [0.2, 0.25) is 0 Å². The molecule has 0 saturated carbocycles. The van der Waals surface area contributed by atoms with Gasteiger partial charge in [-0.05, 0) is 54.6 Å². The smallest absolute Gasteiger partial charge is 0.155 e. The van der Waals surface area contributed by atoms with Crippen molar-refractivity contribution in [2.45, 2.75) is 53.4 Å². The van der Waals surface area contributed by atoms with E-state index in [-0.39, 0.29) is 31.6 Å². The summed E-state index contributed by atoms with van der Waals surface area (Å²) in [6.45, 7) is 11.8. The summed E-state index contributed by atoms with van der Waals surface area (Å²) in [4.78, 5) is 14.6. The molecule has 4 rings (SSSR count). The van der Waals surface area contributed by atoms with E-state index in [1.807, 2.05) is 36.5 Å². The normalized spacial score (nSPS) is 11.3. The van der Waals surface area contributed by atoms with Crippen LogP contribution in [0.5, 0.6) is 0 Å². The van der Waals surface area contributed by atoms with Crippen LogP contribution in [0.15, 0.2) is 77.0 Å². The van der Waals surface area contributed by atoms with Gasteiger partial charge in [0.05, 0.1) is 5.76 Å². The molecular formula is C30H32IrNO3-. The number of carbonyl (C=O) groups is 1. The zero-order chi connectivity index (χ0) is 24.8. The van der Waals surface area contributed by atoms with E-state index in [1.165, 1.54) is 36.6 Å². The van der Waals surface area contributed by atoms with E-state index < -0.39 is 0 Å². The summed E-state index contributed by atoms with van der Waals surface area (Å²) in [7, 11) is 0. The maximum absolute atomic E-state index is 10.0. The first-order chi connectivity index (χ1) is 16.2. The number of aliphatic hydroxyl groups excluding tert-OH is 1. The molecule has 5 heteroatoms. The second-order valence-corrected chi connectivity index (χ2v) is 9.01. The number of carbonyl (C=O) groups excluding carboxylic acids is 1. The molecule has 0 unspecified atom stereocenters. The number of benzene rings is 2. The zero-order valence-corrected chi connectivity index (χ0v) is 23.4. The van der Waals surface area contributed by atoms with Crippen LogP contribution < -0.4 is 0 Å². The third-order valence-corrected chi connectivity index (χ3v) is 5.42. The second-order valence-electron chi connectivity index (χ2n) is 9.01. The maximum atomic E-state index is 10.0. The Labute approximate surface area is 221 Å². The number of rotatable bonds is 5. The number of hydrogen-bond donors (Lipinski definition) is 1. The first kappa shape index (κ1) is 28.2. The number of hydrogen-bond acceptors (Lipinski definition) is 4. The van der Waals surface area contributed by atoms with E-state index in [1.54, 1.807) is 0 Å². The van der Waals surface area contributed by atoms with Crippen LogP contribution >= 0.6 is 0 Å². The topological polar surface area (TPSA) is 63.3 Å². The van der Waals surface area contributed by atoms with Crippen molar-refractivity contribution >= 4 is 16.8 Å². The van der Waals surface area contributed by atoms with Gasteiger partial charge in [0.1, 0.15) is 11.3 Å². The standard InChI is InChI=1S/C25H24NO.C5H8O2.Ir/c1-16(2)20-11-8-12-21(17(3)4)25(20)24-13-19-15-26-22(14-23(19)27-24)18-9-6-5-7-10-18;1-4(6)3-5(2)7;/h5-9,11-17H,1-4H3;3,6H,1-2H3;/q-1;;/b;4-3-;. The number of nitrogens with zero attached hydrogens (tertiary/aromatic N) is 1. The van der Waals surface area contributed by atoms with Crippen LogP contribution in [-0.2, 0) is 24.9 Å². The Kier molecular flexibility index (Phi) is 10.2. The zero-order valence-electron chi connectivity index (χ0n) is 21.0. The Morgan fingerprint density at radius 1 is 1.00 bits per heavy atom. The molecule has 4 aromatic rings. The van der Waals surface area contributed by atoms with Crippen molar-refractivity contribution in [2.75, 3.05) is 0 Å². The van der Waals surface area contributed by atoms with E-state index in [9.17, 15) is 4.79 Å². The molecule has 1 N–H and O–H groups in total. The van der Waals surface area contributed by atoms with Crippen molar-refractivity contribution in [2.24, 2.45) is 0 Å². The molecule has 0 saturated heterocycles. The molecule has 1 radical (unpaired) electrons. The third kappa shape index (κ3) is 7.24. The fourth-order valence-electron chi connectivity index (χ4n) is 3.89. The number of furan rings is 1. The molecule has 2 heterocycles. The molecule has 0 atom stereocenters. The molecule has 2 aromatic carbocycles. The minimum atomic E-state index is -0.125. The summed E-state index contributed by atoms with van der Waals surface area (Å²) in [5, 5.41) is 9.39. The number of ketones is 1. The monoisotopic (exact) mass is 647 g/mol. The average molecular weight is 647 g/mol. The maximum Gasteiger partial charge on any atom is 0.155 e. The fraction of sp³-hybridized carbons (Fsp3) is 0.267. The van der Waals surface area contributed by atoms with Crippen LogP contribution in [0.25, 0.3) is 33.6 Å². The second kappa shape index (κ2) is 12.6. The molecule has 0 aliphatic carbocycles. The minimum absolute atomic E-state index is 0. The van der Waals surface area contributed by atoms with Gasteiger partial charge in [-0.1, -0.05) is 45.9 Å². The Bertz CT molecular complexity index is 1270. The van der Waals surface area contributed by atoms with Gasteiger partial charge in [0.15, 0.2) is 5.78 Å². The first-order valence-electron chi connectivity index (χ1n) is 11.5. The Hall–Kier alpha value is -3.01. The predicted octanol–water partition coefficient (Wildman–Crippen LogP) is 8.24. The van der Waals surface area contributed by atoms with Gasteiger partial charge in [-0.2, -0.15) is 0 Å². The van der Waals surface area contributed by atoms with E-state index in [0.717, 1.165) is 28.0 Å². The van der Waals surface area contributed by atoms with Gasteiger partial charge >= 0.3 is 0 Å². The predicted molar refractivity (Wildman–Crippen MR) is 139 cm³/mol. The van der Waals surface area contributed by atoms with Crippen molar-refractivity contribution in [3.63, 3.8) is 0 Å². The number of fused-ring (bicyclic) bond motifs is 1. The number of pyridine rings is 1. The molecule has 0 aliphatic heterocycles. The van der Waals surface area contributed by atoms with Gasteiger partial charge in [0.2, 0.25) is 0 Å². The SMILES string of the molecule is CC(=O)/C=C(/C)O.CC(C)c1cccc(C(C)C)c1-c1cc2cnc(-c3[c-]cccc3)cc2o1.[Ir]. The van der Waals surface area contributed by atoms with Gasteiger partial charge in [0, 0.05) is 43.3 Å². The van der Waals surface area contributed by atoms with Crippen LogP contribution in [-0.4, -0.2) is 15.9 Å². The quantitative estimate of drug-likeness (QED) is 0.135. The van der Waals surface area contributed by atoms with Gasteiger partial charge in [-0.15, -0.1) is 35.9 Å². The summed E-state index contributed by atoms with van der Waals surface area (Å²) in [6, 6.07) is 21.8. The molecule has 0 bridgehead atoms. The molecule has 2 aromatic heterocycles. The molecule has 0 spiro atoms. The summed E-state index contributed by atoms with van der Waals surface area (Å²) in [5.41, 5.74) is 6.59. The number of allylic oxidation sites excluding steroid dienone is 2. The Morgan fingerprint density at radius 3 is 2.14 bits per heavy atom. The molecule has 4 nitrogen and oxygen atoms in total. The molecule has 0 aliphatic rings. The fourth-order valence-corrected chi connectivity index (χ4v) is 3.89. The van der Waals surface area contributed by atoms with Gasteiger partial charge in [-0.3, -0.25) is 4.79 Å². The minimum Gasteiger partial charge on any atom is -0.512 e. The van der Waals surface area contributed by atoms with Crippen molar-refractivity contribution in [3.8, 4) is 22.6 Å². The van der Waals surface area contributed by atoms with Crippen molar-refractivity contribution in [1.82, 2.24) is 4.98 Å². The summed E-state index contributed by atoms with van der Waals surface area (Å²) >= 11 is 0. The van der Waals surface area contributed by atoms with Crippen LogP contribution in [0.3, 0.4) is 0 Å². The van der Waals surface area contributed by atoms with Crippen LogP contribution in [0, 0.1) is 6.07 Å². The van der Waals surface area contributed by atoms with E-state index in [4.69, 9.17) is 9.52 Å².